The number of hydrazone groups is 1. The second kappa shape index (κ2) is 8.19. The molecule has 0 bridgehead atoms. The largest absolute Gasteiger partial charge is 0.273 e. The van der Waals surface area contributed by atoms with Gasteiger partial charge in [0.05, 0.1) is 11.9 Å². The van der Waals surface area contributed by atoms with Crippen LogP contribution < -0.4 is 5.01 Å². The van der Waals surface area contributed by atoms with Crippen molar-refractivity contribution in [2.45, 2.75) is 24.8 Å². The molecule has 1 amide bonds. The Morgan fingerprint density at radius 3 is 2.81 bits per heavy atom. The Bertz CT molecular complexity index is 917. The first-order valence-electron chi connectivity index (χ1n) is 7.74. The van der Waals surface area contributed by atoms with Crippen LogP contribution in [0.5, 0.6) is 0 Å². The third-order valence-corrected chi connectivity index (χ3v) is 5.26. The van der Waals surface area contributed by atoms with Gasteiger partial charge in [-0.1, -0.05) is 41.6 Å². The second-order valence-corrected chi connectivity index (χ2v) is 7.26. The summed E-state index contributed by atoms with van der Waals surface area (Å²) >= 11 is 2.85. The van der Waals surface area contributed by atoms with Crippen molar-refractivity contribution >= 4 is 40.4 Å². The molecular weight excluding hydrogens is 370 g/mol. The summed E-state index contributed by atoms with van der Waals surface area (Å²) < 4.78 is 1.60. The summed E-state index contributed by atoms with van der Waals surface area (Å²) in [5, 5.41) is 20.1. The van der Waals surface area contributed by atoms with E-state index < -0.39 is 0 Å². The molecule has 0 unspecified atom stereocenters. The molecule has 1 aromatic carbocycles. The molecule has 0 radical (unpaired) electrons. The van der Waals surface area contributed by atoms with Crippen LogP contribution in [0, 0.1) is 6.92 Å². The molecule has 0 aliphatic heterocycles. The van der Waals surface area contributed by atoms with Gasteiger partial charge in [0.15, 0.2) is 0 Å². The molecule has 0 saturated carbocycles. The van der Waals surface area contributed by atoms with Gasteiger partial charge in [0.25, 0.3) is 0 Å². The van der Waals surface area contributed by atoms with Crippen molar-refractivity contribution in [2.24, 2.45) is 12.1 Å². The maximum atomic E-state index is 12.0. The van der Waals surface area contributed by atoms with Crippen molar-refractivity contribution in [3.63, 3.8) is 0 Å². The first-order chi connectivity index (χ1) is 12.5. The van der Waals surface area contributed by atoms with Crippen molar-refractivity contribution in [3.05, 3.63) is 46.5 Å². The van der Waals surface area contributed by atoms with E-state index in [-0.39, 0.29) is 5.91 Å². The van der Waals surface area contributed by atoms with Crippen molar-refractivity contribution in [3.8, 4) is 0 Å². The average molecular weight is 387 g/mol. The van der Waals surface area contributed by atoms with Gasteiger partial charge in [-0.05, 0) is 22.9 Å². The highest BCUT2D eigenvalue weighted by atomic mass is 32.2. The number of aryl methyl sites for hydroxylation is 2. The Kier molecular flexibility index (Phi) is 5.74. The van der Waals surface area contributed by atoms with E-state index in [0.717, 1.165) is 11.3 Å². The lowest BCUT2D eigenvalue weighted by atomic mass is 10.2. The SMILES string of the molecule is CC(=O)N(/N=C/c1ccc(C)cc1)c1nc(CSc2nnnn2C)cs1. The zero-order chi connectivity index (χ0) is 18.5. The number of anilines is 1. The first-order valence-corrected chi connectivity index (χ1v) is 9.60. The molecular formula is C16H17N7OS2. The Labute approximate surface area is 158 Å². The van der Waals surface area contributed by atoms with Crippen molar-refractivity contribution < 1.29 is 4.79 Å². The molecule has 0 saturated heterocycles. The topological polar surface area (TPSA) is 89.2 Å². The summed E-state index contributed by atoms with van der Waals surface area (Å²) in [5.41, 5.74) is 2.93. The fraction of sp³-hybridized carbons (Fsp3) is 0.250. The summed E-state index contributed by atoms with van der Waals surface area (Å²) in [6.45, 7) is 3.49. The predicted molar refractivity (Wildman–Crippen MR) is 102 cm³/mol. The minimum absolute atomic E-state index is 0.195. The lowest BCUT2D eigenvalue weighted by Gasteiger charge is -2.10. The van der Waals surface area contributed by atoms with Gasteiger partial charge in [-0.25, -0.2) is 9.67 Å². The summed E-state index contributed by atoms with van der Waals surface area (Å²) in [5.74, 6) is 0.414. The molecule has 26 heavy (non-hydrogen) atoms. The molecule has 0 fully saturated rings. The molecule has 0 N–H and O–H groups in total. The Morgan fingerprint density at radius 2 is 2.15 bits per heavy atom. The summed E-state index contributed by atoms with van der Waals surface area (Å²) in [4.78, 5) is 16.5. The van der Waals surface area contributed by atoms with Crippen LogP contribution >= 0.6 is 23.1 Å². The molecule has 0 aliphatic carbocycles. The number of thiazole rings is 1. The van der Waals surface area contributed by atoms with E-state index in [2.05, 4.69) is 25.6 Å². The van der Waals surface area contributed by atoms with Crippen molar-refractivity contribution in [1.82, 2.24) is 25.2 Å². The lowest BCUT2D eigenvalue weighted by Crippen LogP contribution is -2.22. The first kappa shape index (κ1) is 18.2. The van der Waals surface area contributed by atoms with Gasteiger partial charge >= 0.3 is 0 Å². The number of benzene rings is 1. The molecule has 2 aromatic heterocycles. The molecule has 10 heteroatoms. The standard InChI is InChI=1S/C16H17N7OS2/c1-11-4-6-13(7-5-11)8-17-23(12(2)24)15-18-14(9-25-15)10-26-16-19-20-21-22(16)3/h4-9H,10H2,1-3H3/b17-8+. The van der Waals surface area contributed by atoms with E-state index in [1.807, 2.05) is 36.6 Å². The van der Waals surface area contributed by atoms with E-state index in [9.17, 15) is 4.79 Å². The number of aromatic nitrogens is 5. The number of nitrogens with zero attached hydrogens (tertiary/aromatic N) is 7. The van der Waals surface area contributed by atoms with E-state index in [1.165, 1.54) is 40.6 Å². The van der Waals surface area contributed by atoms with Crippen LogP contribution in [-0.2, 0) is 17.6 Å². The molecule has 0 atom stereocenters. The zero-order valence-corrected chi connectivity index (χ0v) is 16.2. The fourth-order valence-corrected chi connectivity index (χ4v) is 3.66. The quantitative estimate of drug-likeness (QED) is 0.367. The highest BCUT2D eigenvalue weighted by Crippen LogP contribution is 2.25. The third-order valence-electron chi connectivity index (χ3n) is 3.35. The number of thioether (sulfide) groups is 1. The number of hydrogen-bond acceptors (Lipinski definition) is 8. The number of carbonyl (C=O) groups excluding carboxylic acids is 1. The summed E-state index contributed by atoms with van der Waals surface area (Å²) in [7, 11) is 1.78. The third kappa shape index (κ3) is 4.52. The predicted octanol–water partition coefficient (Wildman–Crippen LogP) is 2.65. The van der Waals surface area contributed by atoms with Gasteiger partial charge in [-0.3, -0.25) is 4.79 Å². The van der Waals surface area contributed by atoms with Crippen LogP contribution in [0.3, 0.4) is 0 Å². The van der Waals surface area contributed by atoms with E-state index in [1.54, 1.807) is 17.9 Å². The second-order valence-electron chi connectivity index (χ2n) is 5.48. The van der Waals surface area contributed by atoms with Crippen LogP contribution in [0.4, 0.5) is 5.13 Å². The van der Waals surface area contributed by atoms with E-state index >= 15 is 0 Å². The number of hydrogen-bond donors (Lipinski definition) is 0. The normalized spacial score (nSPS) is 11.2. The van der Waals surface area contributed by atoms with Crippen molar-refractivity contribution in [2.75, 3.05) is 5.01 Å². The molecule has 134 valence electrons. The molecule has 2 heterocycles. The highest BCUT2D eigenvalue weighted by Gasteiger charge is 2.15. The van der Waals surface area contributed by atoms with Gasteiger partial charge in [0.1, 0.15) is 0 Å². The Morgan fingerprint density at radius 1 is 1.38 bits per heavy atom. The van der Waals surface area contributed by atoms with Gasteiger partial charge < -0.3 is 0 Å². The lowest BCUT2D eigenvalue weighted by molar-refractivity contribution is -0.116. The maximum Gasteiger partial charge on any atom is 0.246 e. The van der Waals surface area contributed by atoms with Gasteiger partial charge in [0, 0.05) is 25.1 Å². The highest BCUT2D eigenvalue weighted by molar-refractivity contribution is 7.98. The van der Waals surface area contributed by atoms with Crippen molar-refractivity contribution in [1.29, 1.82) is 0 Å². The van der Waals surface area contributed by atoms with Crippen LogP contribution in [0.15, 0.2) is 39.9 Å². The maximum absolute atomic E-state index is 12.0. The molecule has 0 spiro atoms. The average Bonchev–Trinajstić information content (AvgIpc) is 3.24. The van der Waals surface area contributed by atoms with Crippen LogP contribution in [0.1, 0.15) is 23.7 Å². The van der Waals surface area contributed by atoms with Crippen LogP contribution in [0.2, 0.25) is 0 Å². The number of carbonyl (C=O) groups is 1. The van der Waals surface area contributed by atoms with Gasteiger partial charge in [-0.15, -0.1) is 16.4 Å². The summed E-state index contributed by atoms with van der Waals surface area (Å²) in [6.07, 6.45) is 1.65. The minimum Gasteiger partial charge on any atom is -0.273 e. The molecule has 8 nitrogen and oxygen atoms in total. The molecule has 3 aromatic rings. The Balaban J connectivity index is 1.70. The van der Waals surface area contributed by atoms with Crippen LogP contribution in [0.25, 0.3) is 0 Å². The van der Waals surface area contributed by atoms with Gasteiger partial charge in [-0.2, -0.15) is 10.1 Å². The van der Waals surface area contributed by atoms with Gasteiger partial charge in [0.2, 0.25) is 16.2 Å². The number of amides is 1. The molecule has 0 aliphatic rings. The summed E-state index contributed by atoms with van der Waals surface area (Å²) in [6, 6.07) is 7.91. The van der Waals surface area contributed by atoms with E-state index in [4.69, 9.17) is 0 Å². The van der Waals surface area contributed by atoms with Crippen LogP contribution in [-0.4, -0.2) is 37.3 Å². The van der Waals surface area contributed by atoms with E-state index in [0.29, 0.717) is 16.0 Å². The smallest absolute Gasteiger partial charge is 0.246 e. The monoisotopic (exact) mass is 387 g/mol. The molecule has 3 rings (SSSR count). The number of rotatable bonds is 6. The number of tetrazole rings is 1. The fourth-order valence-electron chi connectivity index (χ4n) is 1.98. The Hall–Kier alpha value is -2.59. The minimum atomic E-state index is -0.195. The zero-order valence-electron chi connectivity index (χ0n) is 14.5.